The summed E-state index contributed by atoms with van der Waals surface area (Å²) < 4.78 is 47.8. The van der Waals surface area contributed by atoms with Crippen LogP contribution in [0.3, 0.4) is 0 Å². The van der Waals surface area contributed by atoms with Crippen LogP contribution in [0.2, 0.25) is 0 Å². The SMILES string of the molecule is CC(C)COC(=O)c1[nH]c2ccc(F)cc2c1/C(N)=C/N(N)CC1CCN(CCNc2ccc(-c3c(F)cccc3F)cc2)CC1. The van der Waals surface area contributed by atoms with E-state index in [9.17, 15) is 18.0 Å². The average molecular weight is 635 g/mol. The topological polar surface area (TPSA) is 113 Å². The van der Waals surface area contributed by atoms with Gasteiger partial charge in [-0.25, -0.2) is 23.8 Å². The van der Waals surface area contributed by atoms with E-state index in [2.05, 4.69) is 15.2 Å². The Bertz CT molecular complexity index is 1660. The number of aromatic amines is 1. The van der Waals surface area contributed by atoms with Crippen molar-refractivity contribution in [1.82, 2.24) is 14.9 Å². The molecule has 5 rings (SSSR count). The Kier molecular flexibility index (Phi) is 10.5. The lowest BCUT2D eigenvalue weighted by Gasteiger charge is -2.33. The summed E-state index contributed by atoms with van der Waals surface area (Å²) in [5.74, 6) is 4.70. The second-order valence-electron chi connectivity index (χ2n) is 12.2. The maximum Gasteiger partial charge on any atom is 0.355 e. The first-order valence-corrected chi connectivity index (χ1v) is 15.6. The van der Waals surface area contributed by atoms with Crippen LogP contribution < -0.4 is 16.9 Å². The quantitative estimate of drug-likeness (QED) is 0.0820. The van der Waals surface area contributed by atoms with Gasteiger partial charge in [-0.15, -0.1) is 0 Å². The van der Waals surface area contributed by atoms with Gasteiger partial charge in [0.05, 0.1) is 17.9 Å². The summed E-state index contributed by atoms with van der Waals surface area (Å²) in [5, 5.41) is 5.40. The van der Waals surface area contributed by atoms with E-state index in [1.54, 1.807) is 24.4 Å². The number of piperidine rings is 1. The highest BCUT2D eigenvalue weighted by Gasteiger charge is 2.24. The van der Waals surface area contributed by atoms with Crippen molar-refractivity contribution in [3.05, 3.63) is 95.6 Å². The van der Waals surface area contributed by atoms with Crippen molar-refractivity contribution < 1.29 is 22.7 Å². The fourth-order valence-corrected chi connectivity index (χ4v) is 5.80. The summed E-state index contributed by atoms with van der Waals surface area (Å²) in [6.07, 6.45) is 3.50. The summed E-state index contributed by atoms with van der Waals surface area (Å²) in [6.45, 7) is 8.12. The van der Waals surface area contributed by atoms with E-state index in [4.69, 9.17) is 16.3 Å². The molecule has 8 nitrogen and oxygen atoms in total. The Balaban J connectivity index is 1.12. The lowest BCUT2D eigenvalue weighted by molar-refractivity contribution is 0.0452. The molecule has 0 amide bonds. The number of halogens is 3. The van der Waals surface area contributed by atoms with E-state index >= 15 is 0 Å². The van der Waals surface area contributed by atoms with Crippen molar-refractivity contribution in [2.24, 2.45) is 23.4 Å². The van der Waals surface area contributed by atoms with Gasteiger partial charge in [-0.2, -0.15) is 0 Å². The molecule has 0 radical (unpaired) electrons. The van der Waals surface area contributed by atoms with Crippen molar-refractivity contribution in [3.8, 4) is 11.1 Å². The molecule has 0 unspecified atom stereocenters. The lowest BCUT2D eigenvalue weighted by atomic mass is 9.96. The Labute approximate surface area is 267 Å². The van der Waals surface area contributed by atoms with E-state index in [-0.39, 0.29) is 29.5 Å². The number of ether oxygens (including phenoxy) is 1. The van der Waals surface area contributed by atoms with Gasteiger partial charge in [0.15, 0.2) is 0 Å². The fourth-order valence-electron chi connectivity index (χ4n) is 5.80. The number of hydrazine groups is 1. The number of anilines is 1. The number of carbonyl (C=O) groups is 1. The molecule has 244 valence electrons. The number of benzene rings is 3. The number of nitrogens with two attached hydrogens (primary N) is 2. The molecule has 1 aromatic heterocycles. The highest BCUT2D eigenvalue weighted by atomic mass is 19.1. The highest BCUT2D eigenvalue weighted by molar-refractivity contribution is 6.04. The third kappa shape index (κ3) is 8.02. The molecule has 0 spiro atoms. The van der Waals surface area contributed by atoms with Crippen LogP contribution in [0.25, 0.3) is 27.7 Å². The molecule has 0 saturated carbocycles. The molecule has 0 bridgehead atoms. The second-order valence-corrected chi connectivity index (χ2v) is 12.2. The summed E-state index contributed by atoms with van der Waals surface area (Å²) in [6, 6.07) is 15.2. The maximum atomic E-state index is 14.2. The fraction of sp³-hybridized carbons (Fsp3) is 0.343. The molecule has 3 aromatic carbocycles. The molecule has 6 N–H and O–H groups in total. The standard InChI is InChI=1S/C35H41F3N6O2/c1-22(2)21-46-35(45)34-33(27-18-25(36)8-11-31(27)42-34)30(39)20-44(40)19-23-12-15-43(16-13-23)17-14-41-26-9-6-24(7-10-26)32-28(37)4-3-5-29(32)38/h3-11,18,20,22-23,41-42H,12-17,19,21,39-40H2,1-2H3/b30-20-. The van der Waals surface area contributed by atoms with Gasteiger partial charge in [0, 0.05) is 48.0 Å². The molecule has 1 aliphatic heterocycles. The zero-order valence-corrected chi connectivity index (χ0v) is 26.2. The zero-order chi connectivity index (χ0) is 32.8. The van der Waals surface area contributed by atoms with E-state index < -0.39 is 23.4 Å². The van der Waals surface area contributed by atoms with Crippen molar-refractivity contribution in [1.29, 1.82) is 0 Å². The maximum absolute atomic E-state index is 14.2. The molecule has 0 atom stereocenters. The van der Waals surface area contributed by atoms with Crippen LogP contribution in [0.5, 0.6) is 0 Å². The first-order valence-electron chi connectivity index (χ1n) is 15.6. The number of H-pyrrole nitrogens is 1. The number of carbonyl (C=O) groups excluding carboxylic acids is 1. The number of aromatic nitrogens is 1. The number of fused-ring (bicyclic) bond motifs is 1. The monoisotopic (exact) mass is 634 g/mol. The van der Waals surface area contributed by atoms with Crippen LogP contribution in [0.1, 0.15) is 42.7 Å². The highest BCUT2D eigenvalue weighted by Crippen LogP contribution is 2.29. The summed E-state index contributed by atoms with van der Waals surface area (Å²) in [7, 11) is 0. The third-order valence-electron chi connectivity index (χ3n) is 8.18. The van der Waals surface area contributed by atoms with Crippen LogP contribution in [-0.2, 0) is 4.74 Å². The summed E-state index contributed by atoms with van der Waals surface area (Å²) in [4.78, 5) is 18.3. The normalized spacial score (nSPS) is 14.6. The zero-order valence-electron chi connectivity index (χ0n) is 26.2. The summed E-state index contributed by atoms with van der Waals surface area (Å²) >= 11 is 0. The van der Waals surface area contributed by atoms with Crippen LogP contribution >= 0.6 is 0 Å². The van der Waals surface area contributed by atoms with Crippen LogP contribution in [0.4, 0.5) is 18.9 Å². The molecular formula is C35H41F3N6O2. The first kappa shape index (κ1) is 32.9. The molecule has 11 heteroatoms. The second kappa shape index (κ2) is 14.7. The van der Waals surface area contributed by atoms with Crippen molar-refractivity contribution in [3.63, 3.8) is 0 Å². The minimum Gasteiger partial charge on any atom is -0.461 e. The third-order valence-corrected chi connectivity index (χ3v) is 8.18. The molecule has 46 heavy (non-hydrogen) atoms. The van der Waals surface area contributed by atoms with Gasteiger partial charge in [-0.05, 0) is 85.8 Å². The molecule has 2 heterocycles. The Hall–Kier alpha value is -4.48. The number of likely N-dealkylation sites (tertiary alicyclic amines) is 1. The number of rotatable bonds is 12. The number of nitrogens with zero attached hydrogens (tertiary/aromatic N) is 2. The minimum absolute atomic E-state index is 0.0222. The van der Waals surface area contributed by atoms with Gasteiger partial charge >= 0.3 is 5.97 Å². The molecule has 1 aliphatic rings. The number of hydrogen-bond donors (Lipinski definition) is 4. The van der Waals surface area contributed by atoms with Crippen LogP contribution in [0.15, 0.2) is 66.9 Å². The first-order chi connectivity index (χ1) is 22.1. The van der Waals surface area contributed by atoms with E-state index in [0.717, 1.165) is 44.7 Å². The van der Waals surface area contributed by atoms with Gasteiger partial charge in [0.2, 0.25) is 0 Å². The molecule has 1 saturated heterocycles. The van der Waals surface area contributed by atoms with Crippen LogP contribution in [-0.4, -0.2) is 60.2 Å². The average Bonchev–Trinajstić information content (AvgIpc) is 3.40. The Morgan fingerprint density at radius 3 is 2.46 bits per heavy atom. The predicted octanol–water partition coefficient (Wildman–Crippen LogP) is 6.32. The van der Waals surface area contributed by atoms with Crippen LogP contribution in [0, 0.1) is 29.3 Å². The number of nitrogens with one attached hydrogen (secondary N) is 2. The smallest absolute Gasteiger partial charge is 0.355 e. The van der Waals surface area contributed by atoms with Gasteiger partial charge in [-0.1, -0.05) is 32.0 Å². The van der Waals surface area contributed by atoms with E-state index in [1.807, 2.05) is 26.0 Å². The molecule has 0 aliphatic carbocycles. The van der Waals surface area contributed by atoms with Gasteiger partial charge in [-0.3, -0.25) is 0 Å². The van der Waals surface area contributed by atoms with Gasteiger partial charge in [0.25, 0.3) is 0 Å². The lowest BCUT2D eigenvalue weighted by Crippen LogP contribution is -2.41. The van der Waals surface area contributed by atoms with Crippen molar-refractivity contribution in [2.75, 3.05) is 44.6 Å². The van der Waals surface area contributed by atoms with E-state index in [1.165, 1.54) is 35.3 Å². The van der Waals surface area contributed by atoms with Crippen molar-refractivity contribution in [2.45, 2.75) is 26.7 Å². The molecule has 1 fully saturated rings. The van der Waals surface area contributed by atoms with Gasteiger partial charge in [0.1, 0.15) is 23.1 Å². The Morgan fingerprint density at radius 1 is 1.09 bits per heavy atom. The van der Waals surface area contributed by atoms with Crippen molar-refractivity contribution >= 4 is 28.3 Å². The van der Waals surface area contributed by atoms with E-state index in [0.29, 0.717) is 34.5 Å². The number of esters is 1. The molecular weight excluding hydrogens is 593 g/mol. The summed E-state index contributed by atoms with van der Waals surface area (Å²) in [5.41, 5.74) is 9.18. The molecule has 4 aromatic rings. The Morgan fingerprint density at radius 2 is 1.78 bits per heavy atom. The predicted molar refractivity (Wildman–Crippen MR) is 176 cm³/mol. The van der Waals surface area contributed by atoms with Gasteiger partial charge < -0.3 is 30.7 Å². The minimum atomic E-state index is -0.583. The number of hydrogen-bond acceptors (Lipinski definition) is 7. The largest absolute Gasteiger partial charge is 0.461 e.